The summed E-state index contributed by atoms with van der Waals surface area (Å²) in [6.07, 6.45) is 36.8. The van der Waals surface area contributed by atoms with Gasteiger partial charge in [0.15, 0.2) is 0 Å². The van der Waals surface area contributed by atoms with Crippen LogP contribution in [0.1, 0.15) is 213 Å². The molecule has 0 rings (SSSR count). The first-order chi connectivity index (χ1) is 23.4. The average molecular weight is 705 g/mol. The van der Waals surface area contributed by atoms with Crippen molar-refractivity contribution in [2.45, 2.75) is 225 Å². The zero-order valence-corrected chi connectivity index (χ0v) is 32.6. The van der Waals surface area contributed by atoms with Crippen LogP contribution in [-0.4, -0.2) is 47.8 Å². The predicted octanol–water partition coefficient (Wildman–Crippen LogP) is 11.1. The number of phosphoric ester groups is 1. The Morgan fingerprint density at radius 2 is 0.958 bits per heavy atom. The highest BCUT2D eigenvalue weighted by molar-refractivity contribution is 7.47. The number of phosphoric acid groups is 1. The smallest absolute Gasteiger partial charge is 0.391 e. The predicted molar refractivity (Wildman–Crippen MR) is 203 cm³/mol. The summed E-state index contributed by atoms with van der Waals surface area (Å²) in [6, 6.07) is -0.765. The van der Waals surface area contributed by atoms with Gasteiger partial charge in [0, 0.05) is 13.0 Å². The van der Waals surface area contributed by atoms with Gasteiger partial charge in [-0.1, -0.05) is 194 Å². The number of hydrogen-bond acceptors (Lipinski definition) is 6. The summed E-state index contributed by atoms with van der Waals surface area (Å²) >= 11 is 0. The van der Waals surface area contributed by atoms with Crippen molar-refractivity contribution in [2.75, 3.05) is 19.8 Å². The van der Waals surface area contributed by atoms with Gasteiger partial charge in [-0.05, 0) is 12.8 Å². The summed E-state index contributed by atoms with van der Waals surface area (Å²) in [7, 11) is -4.30. The molecule has 0 aromatic rings. The van der Waals surface area contributed by atoms with Gasteiger partial charge in [0.05, 0.1) is 25.4 Å². The number of rotatable bonds is 39. The molecule has 0 radical (unpaired) electrons. The third-order valence-electron chi connectivity index (χ3n) is 9.46. The van der Waals surface area contributed by atoms with Crippen molar-refractivity contribution >= 4 is 13.7 Å². The number of amides is 1. The Hall–Kier alpha value is -0.500. The standard InChI is InChI=1S/C39H81N2O6P/c1-3-5-7-9-11-13-15-16-17-18-19-20-21-22-23-25-27-29-31-33-39(43)41-37(36-47-48(44,45)46-35-34-40)38(42)32-30-28-26-24-14-12-10-8-6-4-2/h37-38,42H,3-36,40H2,1-2H3,(H,41,43)(H,44,45). The largest absolute Gasteiger partial charge is 0.472 e. The highest BCUT2D eigenvalue weighted by atomic mass is 31.2. The van der Waals surface area contributed by atoms with Crippen molar-refractivity contribution in [1.29, 1.82) is 0 Å². The van der Waals surface area contributed by atoms with Crippen LogP contribution in [0.5, 0.6) is 0 Å². The molecule has 5 N–H and O–H groups in total. The van der Waals surface area contributed by atoms with Gasteiger partial charge in [-0.25, -0.2) is 4.57 Å². The minimum atomic E-state index is -4.30. The molecule has 0 aliphatic carbocycles. The number of nitrogens with one attached hydrogen (secondary N) is 1. The van der Waals surface area contributed by atoms with E-state index in [-0.39, 0.29) is 25.7 Å². The topological polar surface area (TPSA) is 131 Å². The fourth-order valence-corrected chi connectivity index (χ4v) is 7.07. The number of nitrogens with two attached hydrogens (primary N) is 1. The second-order valence-corrected chi connectivity index (χ2v) is 15.7. The zero-order valence-electron chi connectivity index (χ0n) is 31.7. The van der Waals surface area contributed by atoms with Crippen molar-refractivity contribution in [2.24, 2.45) is 5.73 Å². The molecule has 0 saturated carbocycles. The molecule has 288 valence electrons. The first kappa shape index (κ1) is 47.5. The van der Waals surface area contributed by atoms with Gasteiger partial charge in [-0.2, -0.15) is 0 Å². The molecule has 3 atom stereocenters. The van der Waals surface area contributed by atoms with Crippen LogP contribution in [0.15, 0.2) is 0 Å². The number of carbonyl (C=O) groups excluding carboxylic acids is 1. The Labute approximate surface area is 297 Å². The Bertz CT molecular complexity index is 729. The van der Waals surface area contributed by atoms with Gasteiger partial charge in [0.2, 0.25) is 5.91 Å². The maximum Gasteiger partial charge on any atom is 0.472 e. The second-order valence-electron chi connectivity index (χ2n) is 14.2. The summed E-state index contributed by atoms with van der Waals surface area (Å²) in [5.41, 5.74) is 5.36. The van der Waals surface area contributed by atoms with Crippen molar-refractivity contribution in [1.82, 2.24) is 5.32 Å². The number of hydrogen-bond donors (Lipinski definition) is 4. The Kier molecular flexibility index (Phi) is 35.9. The van der Waals surface area contributed by atoms with Gasteiger partial charge in [-0.3, -0.25) is 13.8 Å². The molecular formula is C39H81N2O6P. The zero-order chi connectivity index (χ0) is 35.4. The first-order valence-corrected chi connectivity index (χ1v) is 22.1. The van der Waals surface area contributed by atoms with Crippen molar-refractivity contribution in [3.05, 3.63) is 0 Å². The molecule has 0 aliphatic heterocycles. The van der Waals surface area contributed by atoms with Gasteiger partial charge < -0.3 is 21.1 Å². The maximum absolute atomic E-state index is 12.7. The van der Waals surface area contributed by atoms with Crippen LogP contribution in [0.25, 0.3) is 0 Å². The minimum absolute atomic E-state index is 0.0921. The Balaban J connectivity index is 4.07. The molecule has 48 heavy (non-hydrogen) atoms. The lowest BCUT2D eigenvalue weighted by atomic mass is 10.0. The van der Waals surface area contributed by atoms with Crippen LogP contribution in [0.4, 0.5) is 0 Å². The molecule has 0 aromatic heterocycles. The molecule has 0 aliphatic rings. The van der Waals surface area contributed by atoms with E-state index in [9.17, 15) is 19.4 Å². The van der Waals surface area contributed by atoms with E-state index in [4.69, 9.17) is 14.8 Å². The van der Waals surface area contributed by atoms with Crippen LogP contribution in [0.3, 0.4) is 0 Å². The van der Waals surface area contributed by atoms with Crippen LogP contribution in [0.2, 0.25) is 0 Å². The average Bonchev–Trinajstić information content (AvgIpc) is 3.07. The van der Waals surface area contributed by atoms with E-state index in [0.717, 1.165) is 38.5 Å². The molecule has 0 aromatic carbocycles. The van der Waals surface area contributed by atoms with Crippen molar-refractivity contribution < 1.29 is 28.4 Å². The van der Waals surface area contributed by atoms with Crippen LogP contribution < -0.4 is 11.1 Å². The lowest BCUT2D eigenvalue weighted by molar-refractivity contribution is -0.123. The summed E-state index contributed by atoms with van der Waals surface area (Å²) < 4.78 is 22.1. The molecule has 0 fully saturated rings. The summed E-state index contributed by atoms with van der Waals surface area (Å²) in [4.78, 5) is 22.6. The molecule has 3 unspecified atom stereocenters. The number of unbranched alkanes of at least 4 members (excludes halogenated alkanes) is 27. The lowest BCUT2D eigenvalue weighted by Gasteiger charge is -2.25. The van der Waals surface area contributed by atoms with E-state index in [1.165, 1.54) is 148 Å². The van der Waals surface area contributed by atoms with E-state index < -0.39 is 20.0 Å². The minimum Gasteiger partial charge on any atom is -0.391 e. The molecule has 1 amide bonds. The first-order valence-electron chi connectivity index (χ1n) is 20.7. The molecular weight excluding hydrogens is 623 g/mol. The Morgan fingerprint density at radius 1 is 0.604 bits per heavy atom. The summed E-state index contributed by atoms with van der Waals surface area (Å²) in [5.74, 6) is -0.159. The number of aliphatic hydroxyl groups is 1. The van der Waals surface area contributed by atoms with Crippen molar-refractivity contribution in [3.8, 4) is 0 Å². The third kappa shape index (κ3) is 34.0. The second kappa shape index (κ2) is 36.3. The van der Waals surface area contributed by atoms with Gasteiger partial charge in [0.1, 0.15) is 0 Å². The van der Waals surface area contributed by atoms with E-state index >= 15 is 0 Å². The quantitative estimate of drug-likeness (QED) is 0.0370. The molecule has 9 heteroatoms. The molecule has 0 saturated heterocycles. The van der Waals surface area contributed by atoms with Crippen molar-refractivity contribution in [3.63, 3.8) is 0 Å². The van der Waals surface area contributed by atoms with Gasteiger partial charge >= 0.3 is 7.82 Å². The fraction of sp³-hybridized carbons (Fsp3) is 0.974. The van der Waals surface area contributed by atoms with E-state index in [0.29, 0.717) is 12.8 Å². The third-order valence-corrected chi connectivity index (χ3v) is 10.4. The molecule has 0 bridgehead atoms. The van der Waals surface area contributed by atoms with Gasteiger partial charge in [0.25, 0.3) is 0 Å². The monoisotopic (exact) mass is 705 g/mol. The normalized spacial score (nSPS) is 14.2. The summed E-state index contributed by atoms with van der Waals surface area (Å²) in [6.45, 7) is 4.21. The highest BCUT2D eigenvalue weighted by Gasteiger charge is 2.27. The highest BCUT2D eigenvalue weighted by Crippen LogP contribution is 2.43. The number of carbonyl (C=O) groups is 1. The molecule has 0 spiro atoms. The van der Waals surface area contributed by atoms with E-state index in [1.807, 2.05) is 0 Å². The molecule has 0 heterocycles. The van der Waals surface area contributed by atoms with Crippen LogP contribution >= 0.6 is 7.82 Å². The van der Waals surface area contributed by atoms with E-state index in [2.05, 4.69) is 19.2 Å². The maximum atomic E-state index is 12.7. The number of aliphatic hydroxyl groups excluding tert-OH is 1. The van der Waals surface area contributed by atoms with Crippen LogP contribution in [-0.2, 0) is 18.4 Å². The van der Waals surface area contributed by atoms with Gasteiger partial charge in [-0.15, -0.1) is 0 Å². The fourth-order valence-electron chi connectivity index (χ4n) is 6.31. The van der Waals surface area contributed by atoms with E-state index in [1.54, 1.807) is 0 Å². The Morgan fingerprint density at radius 3 is 1.33 bits per heavy atom. The summed E-state index contributed by atoms with van der Waals surface area (Å²) in [5, 5.41) is 13.7. The molecule has 8 nitrogen and oxygen atoms in total. The lowest BCUT2D eigenvalue weighted by Crippen LogP contribution is -2.46. The SMILES string of the molecule is CCCCCCCCCCCCCCCCCCCCCC(=O)NC(COP(=O)(O)OCCN)C(O)CCCCCCCCCCCC. The van der Waals surface area contributed by atoms with Crippen LogP contribution in [0, 0.1) is 0 Å².